The summed E-state index contributed by atoms with van der Waals surface area (Å²) >= 11 is 0. The number of nitrogens with one attached hydrogen (secondary N) is 1. The average molecular weight is 277 g/mol. The molecule has 0 saturated carbocycles. The number of para-hydroxylation sites is 1. The van der Waals surface area contributed by atoms with Gasteiger partial charge in [0.2, 0.25) is 0 Å². The minimum Gasteiger partial charge on any atom is -0.271 e. The van der Waals surface area contributed by atoms with Crippen LogP contribution in [0.3, 0.4) is 0 Å². The van der Waals surface area contributed by atoms with E-state index in [1.807, 2.05) is 30.3 Å². The Kier molecular flexibility index (Phi) is 3.95. The Bertz CT molecular complexity index is 752. The van der Waals surface area contributed by atoms with Crippen molar-refractivity contribution < 1.29 is 0 Å². The number of hydrazine groups is 1. The van der Waals surface area contributed by atoms with Gasteiger partial charge in [-0.2, -0.15) is 0 Å². The number of rotatable bonds is 4. The maximum absolute atomic E-state index is 5.76. The number of aryl methyl sites for hydroxylation is 1. The van der Waals surface area contributed by atoms with Gasteiger partial charge in [-0.05, 0) is 30.2 Å². The van der Waals surface area contributed by atoms with Crippen molar-refractivity contribution in [1.82, 2.24) is 10.4 Å². The van der Waals surface area contributed by atoms with E-state index >= 15 is 0 Å². The maximum atomic E-state index is 5.76. The average Bonchev–Trinajstić information content (AvgIpc) is 2.53. The Morgan fingerprint density at radius 2 is 1.76 bits per heavy atom. The molecule has 3 rings (SSSR count). The van der Waals surface area contributed by atoms with Crippen molar-refractivity contribution in [2.75, 3.05) is 0 Å². The molecule has 1 atom stereocenters. The highest BCUT2D eigenvalue weighted by Crippen LogP contribution is 2.21. The van der Waals surface area contributed by atoms with E-state index in [-0.39, 0.29) is 6.04 Å². The van der Waals surface area contributed by atoms with Crippen LogP contribution in [-0.2, 0) is 6.42 Å². The van der Waals surface area contributed by atoms with E-state index in [2.05, 4.69) is 42.7 Å². The van der Waals surface area contributed by atoms with Gasteiger partial charge in [-0.3, -0.25) is 16.3 Å². The molecule has 0 bridgehead atoms. The van der Waals surface area contributed by atoms with Gasteiger partial charge in [0.1, 0.15) is 0 Å². The standard InChI is InChI=1S/C18H19N3/c1-13-6-2-4-8-16(13)18(21-19)12-15-11-10-14-7-3-5-9-17(14)20-15/h2-11,18,21H,12,19H2,1H3. The maximum Gasteiger partial charge on any atom is 0.0705 e. The molecule has 0 fully saturated rings. The SMILES string of the molecule is Cc1ccccc1C(Cc1ccc2ccccc2n1)NN. The van der Waals surface area contributed by atoms with Gasteiger partial charge in [-0.25, -0.2) is 0 Å². The molecule has 21 heavy (non-hydrogen) atoms. The fourth-order valence-electron chi connectivity index (χ4n) is 2.67. The van der Waals surface area contributed by atoms with E-state index in [0.29, 0.717) is 0 Å². The molecule has 0 aliphatic carbocycles. The van der Waals surface area contributed by atoms with Crippen molar-refractivity contribution in [2.24, 2.45) is 5.84 Å². The van der Waals surface area contributed by atoms with Crippen LogP contribution < -0.4 is 11.3 Å². The number of nitrogens with two attached hydrogens (primary N) is 1. The highest BCUT2D eigenvalue weighted by atomic mass is 15.2. The molecule has 0 saturated heterocycles. The Hall–Kier alpha value is -2.23. The summed E-state index contributed by atoms with van der Waals surface area (Å²) in [7, 11) is 0. The highest BCUT2D eigenvalue weighted by Gasteiger charge is 2.13. The summed E-state index contributed by atoms with van der Waals surface area (Å²) < 4.78 is 0. The Balaban J connectivity index is 1.90. The molecule has 2 aromatic carbocycles. The smallest absolute Gasteiger partial charge is 0.0705 e. The summed E-state index contributed by atoms with van der Waals surface area (Å²) in [6.45, 7) is 2.10. The molecular weight excluding hydrogens is 258 g/mol. The lowest BCUT2D eigenvalue weighted by Crippen LogP contribution is -2.30. The molecule has 0 aliphatic rings. The molecule has 3 N–H and O–H groups in total. The van der Waals surface area contributed by atoms with Crippen LogP contribution in [0, 0.1) is 6.92 Å². The van der Waals surface area contributed by atoms with Crippen LogP contribution >= 0.6 is 0 Å². The van der Waals surface area contributed by atoms with E-state index in [1.54, 1.807) is 0 Å². The first-order valence-corrected chi connectivity index (χ1v) is 7.14. The number of nitrogens with zero attached hydrogens (tertiary/aromatic N) is 1. The Morgan fingerprint density at radius 3 is 2.57 bits per heavy atom. The van der Waals surface area contributed by atoms with Crippen LogP contribution in [0.2, 0.25) is 0 Å². The van der Waals surface area contributed by atoms with Crippen molar-refractivity contribution in [3.05, 3.63) is 77.5 Å². The number of pyridine rings is 1. The zero-order chi connectivity index (χ0) is 14.7. The third-order valence-corrected chi connectivity index (χ3v) is 3.83. The normalized spacial score (nSPS) is 12.5. The van der Waals surface area contributed by atoms with Crippen LogP contribution in [0.15, 0.2) is 60.7 Å². The largest absolute Gasteiger partial charge is 0.271 e. The first kappa shape index (κ1) is 13.7. The fourth-order valence-corrected chi connectivity index (χ4v) is 2.67. The molecule has 1 heterocycles. The second-order valence-electron chi connectivity index (χ2n) is 5.28. The zero-order valence-corrected chi connectivity index (χ0v) is 12.1. The van der Waals surface area contributed by atoms with E-state index in [9.17, 15) is 0 Å². The summed E-state index contributed by atoms with van der Waals surface area (Å²) in [5, 5.41) is 1.16. The van der Waals surface area contributed by atoms with E-state index in [0.717, 1.165) is 23.0 Å². The first-order chi connectivity index (χ1) is 10.3. The second-order valence-corrected chi connectivity index (χ2v) is 5.28. The Morgan fingerprint density at radius 1 is 1.00 bits per heavy atom. The molecule has 3 nitrogen and oxygen atoms in total. The summed E-state index contributed by atoms with van der Waals surface area (Å²) in [6.07, 6.45) is 0.770. The topological polar surface area (TPSA) is 50.9 Å². The van der Waals surface area contributed by atoms with Gasteiger partial charge in [-0.1, -0.05) is 48.5 Å². The van der Waals surface area contributed by atoms with Gasteiger partial charge in [0.05, 0.1) is 11.6 Å². The lowest BCUT2D eigenvalue weighted by atomic mass is 9.97. The number of benzene rings is 2. The molecule has 0 radical (unpaired) electrons. The van der Waals surface area contributed by atoms with E-state index in [1.165, 1.54) is 11.1 Å². The second kappa shape index (κ2) is 6.04. The highest BCUT2D eigenvalue weighted by molar-refractivity contribution is 5.78. The van der Waals surface area contributed by atoms with E-state index in [4.69, 9.17) is 10.8 Å². The minimum atomic E-state index is 0.0693. The molecular formula is C18H19N3. The molecule has 3 aromatic rings. The van der Waals surface area contributed by atoms with Crippen LogP contribution in [0.5, 0.6) is 0 Å². The van der Waals surface area contributed by atoms with Crippen LogP contribution in [0.4, 0.5) is 0 Å². The lowest BCUT2D eigenvalue weighted by Gasteiger charge is -2.18. The quantitative estimate of drug-likeness (QED) is 0.568. The van der Waals surface area contributed by atoms with Crippen molar-refractivity contribution in [3.8, 4) is 0 Å². The molecule has 0 spiro atoms. The van der Waals surface area contributed by atoms with Crippen LogP contribution in [-0.4, -0.2) is 4.98 Å². The molecule has 0 aliphatic heterocycles. The van der Waals surface area contributed by atoms with Gasteiger partial charge in [0.15, 0.2) is 0 Å². The third-order valence-electron chi connectivity index (χ3n) is 3.83. The fraction of sp³-hybridized carbons (Fsp3) is 0.167. The van der Waals surface area contributed by atoms with Crippen molar-refractivity contribution in [3.63, 3.8) is 0 Å². The summed E-state index contributed by atoms with van der Waals surface area (Å²) in [4.78, 5) is 4.72. The van der Waals surface area contributed by atoms with Gasteiger partial charge in [0, 0.05) is 17.5 Å². The lowest BCUT2D eigenvalue weighted by molar-refractivity contribution is 0.544. The van der Waals surface area contributed by atoms with Crippen molar-refractivity contribution >= 4 is 10.9 Å². The minimum absolute atomic E-state index is 0.0693. The number of fused-ring (bicyclic) bond motifs is 1. The number of hydrogen-bond acceptors (Lipinski definition) is 3. The van der Waals surface area contributed by atoms with Crippen LogP contribution in [0.1, 0.15) is 22.9 Å². The van der Waals surface area contributed by atoms with Crippen molar-refractivity contribution in [1.29, 1.82) is 0 Å². The zero-order valence-electron chi connectivity index (χ0n) is 12.1. The van der Waals surface area contributed by atoms with Gasteiger partial charge in [-0.15, -0.1) is 0 Å². The molecule has 0 amide bonds. The predicted molar refractivity (Wildman–Crippen MR) is 86.7 cm³/mol. The number of aromatic nitrogens is 1. The monoisotopic (exact) mass is 277 g/mol. The summed E-state index contributed by atoms with van der Waals surface area (Å²) in [5.74, 6) is 5.76. The molecule has 3 heteroatoms. The van der Waals surface area contributed by atoms with E-state index < -0.39 is 0 Å². The molecule has 1 aromatic heterocycles. The first-order valence-electron chi connectivity index (χ1n) is 7.14. The van der Waals surface area contributed by atoms with Crippen molar-refractivity contribution in [2.45, 2.75) is 19.4 Å². The summed E-state index contributed by atoms with van der Waals surface area (Å²) in [5.41, 5.74) is 7.44. The van der Waals surface area contributed by atoms with Crippen LogP contribution in [0.25, 0.3) is 10.9 Å². The Labute approximate surface area is 124 Å². The van der Waals surface area contributed by atoms with Gasteiger partial charge < -0.3 is 0 Å². The third kappa shape index (κ3) is 2.94. The summed E-state index contributed by atoms with van der Waals surface area (Å²) in [6, 6.07) is 20.7. The van der Waals surface area contributed by atoms with Gasteiger partial charge in [0.25, 0.3) is 0 Å². The molecule has 106 valence electrons. The number of hydrogen-bond donors (Lipinski definition) is 2. The van der Waals surface area contributed by atoms with Gasteiger partial charge >= 0.3 is 0 Å². The predicted octanol–water partition coefficient (Wildman–Crippen LogP) is 3.29. The molecule has 1 unspecified atom stereocenters.